The van der Waals surface area contributed by atoms with Crippen molar-refractivity contribution in [3.8, 4) is 0 Å². The van der Waals surface area contributed by atoms with Crippen molar-refractivity contribution >= 4 is 5.97 Å². The van der Waals surface area contributed by atoms with E-state index in [1.165, 1.54) is 6.07 Å². The van der Waals surface area contributed by atoms with Crippen LogP contribution in [0.4, 0.5) is 0 Å². The highest BCUT2D eigenvalue weighted by Gasteiger charge is 2.25. The highest BCUT2D eigenvalue weighted by molar-refractivity contribution is 5.90. The van der Waals surface area contributed by atoms with Gasteiger partial charge in [0.05, 0.1) is 5.56 Å². The van der Waals surface area contributed by atoms with E-state index in [2.05, 4.69) is 11.8 Å². The van der Waals surface area contributed by atoms with Crippen LogP contribution < -0.4 is 5.56 Å². The number of aromatic nitrogens is 1. The van der Waals surface area contributed by atoms with Crippen molar-refractivity contribution < 1.29 is 9.90 Å². The molecule has 1 atom stereocenters. The number of pyridine rings is 1. The minimum Gasteiger partial charge on any atom is -0.478 e. The first-order valence-electron chi connectivity index (χ1n) is 7.14. The number of aryl methyl sites for hydroxylation is 1. The predicted molar refractivity (Wildman–Crippen MR) is 77.5 cm³/mol. The van der Waals surface area contributed by atoms with Gasteiger partial charge in [-0.25, -0.2) is 4.79 Å². The predicted octanol–water partition coefficient (Wildman–Crippen LogP) is 1.82. The van der Waals surface area contributed by atoms with Crippen molar-refractivity contribution in [1.29, 1.82) is 0 Å². The Morgan fingerprint density at radius 2 is 2.15 bits per heavy atom. The van der Waals surface area contributed by atoms with Gasteiger partial charge in [0.1, 0.15) is 0 Å². The second-order valence-electron chi connectivity index (χ2n) is 5.49. The molecule has 1 aromatic rings. The fourth-order valence-electron chi connectivity index (χ4n) is 3.20. The average Bonchev–Trinajstić information content (AvgIpc) is 2.37. The second-order valence-corrected chi connectivity index (χ2v) is 5.49. The largest absolute Gasteiger partial charge is 0.478 e. The zero-order chi connectivity index (χ0) is 14.9. The molecule has 1 aliphatic heterocycles. The smallest absolute Gasteiger partial charge is 0.337 e. The van der Waals surface area contributed by atoms with Gasteiger partial charge in [0.15, 0.2) is 0 Å². The van der Waals surface area contributed by atoms with Crippen LogP contribution in [0.1, 0.15) is 47.4 Å². The maximum Gasteiger partial charge on any atom is 0.337 e. The van der Waals surface area contributed by atoms with Gasteiger partial charge in [-0.2, -0.15) is 0 Å². The van der Waals surface area contributed by atoms with Crippen LogP contribution in [-0.2, 0) is 0 Å². The third-order valence-corrected chi connectivity index (χ3v) is 4.20. The minimum absolute atomic E-state index is 0.0786. The molecule has 1 aromatic heterocycles. The number of piperidine rings is 1. The van der Waals surface area contributed by atoms with E-state index in [1.54, 1.807) is 18.4 Å². The van der Waals surface area contributed by atoms with E-state index < -0.39 is 5.97 Å². The summed E-state index contributed by atoms with van der Waals surface area (Å²) in [5.74, 6) is -0.961. The van der Waals surface area contributed by atoms with E-state index in [0.717, 1.165) is 32.5 Å². The molecule has 1 fully saturated rings. The quantitative estimate of drug-likeness (QED) is 0.916. The van der Waals surface area contributed by atoms with Crippen LogP contribution in [0, 0.1) is 13.8 Å². The van der Waals surface area contributed by atoms with Gasteiger partial charge in [-0.1, -0.05) is 6.92 Å². The first-order valence-corrected chi connectivity index (χ1v) is 7.14. The van der Waals surface area contributed by atoms with E-state index in [1.807, 2.05) is 0 Å². The summed E-state index contributed by atoms with van der Waals surface area (Å²) >= 11 is 0. The van der Waals surface area contributed by atoms with E-state index in [9.17, 15) is 14.7 Å². The highest BCUT2D eigenvalue weighted by Crippen LogP contribution is 2.23. The van der Waals surface area contributed by atoms with Gasteiger partial charge in [0, 0.05) is 24.3 Å². The topological polar surface area (TPSA) is 62.5 Å². The Balaban J connectivity index is 2.48. The van der Waals surface area contributed by atoms with Crippen LogP contribution in [0.3, 0.4) is 0 Å². The molecule has 1 aliphatic rings. The lowest BCUT2D eigenvalue weighted by Crippen LogP contribution is -2.40. The maximum atomic E-state index is 12.3. The SMILES string of the molecule is CCN1CCCC(n2c(C)c(C(=O)O)c(C)cc2=O)C1. The monoisotopic (exact) mass is 278 g/mol. The Kier molecular flexibility index (Phi) is 4.28. The number of likely N-dealkylation sites (tertiary alicyclic amines) is 1. The Bertz CT molecular complexity index is 577. The molecule has 1 saturated heterocycles. The third kappa shape index (κ3) is 2.63. The number of nitrogens with zero attached hydrogens (tertiary/aromatic N) is 2. The summed E-state index contributed by atoms with van der Waals surface area (Å²) in [6.45, 7) is 8.36. The third-order valence-electron chi connectivity index (χ3n) is 4.20. The molecule has 0 aromatic carbocycles. The van der Waals surface area contributed by atoms with Crippen LogP contribution in [0.25, 0.3) is 0 Å². The van der Waals surface area contributed by atoms with Crippen molar-refractivity contribution in [2.24, 2.45) is 0 Å². The van der Waals surface area contributed by atoms with Crippen LogP contribution in [0.2, 0.25) is 0 Å². The summed E-state index contributed by atoms with van der Waals surface area (Å²) < 4.78 is 1.68. The van der Waals surface area contributed by atoms with E-state index in [4.69, 9.17) is 0 Å². The second kappa shape index (κ2) is 5.79. The molecule has 0 radical (unpaired) electrons. The Morgan fingerprint density at radius 1 is 1.45 bits per heavy atom. The summed E-state index contributed by atoms with van der Waals surface area (Å²) in [4.78, 5) is 26.0. The molecule has 0 amide bonds. The van der Waals surface area contributed by atoms with Crippen molar-refractivity contribution in [3.05, 3.63) is 33.2 Å². The van der Waals surface area contributed by atoms with Gasteiger partial charge >= 0.3 is 5.97 Å². The normalized spacial score (nSPS) is 20.1. The van der Waals surface area contributed by atoms with Crippen molar-refractivity contribution in [1.82, 2.24) is 9.47 Å². The minimum atomic E-state index is -0.961. The van der Waals surface area contributed by atoms with Gasteiger partial charge in [-0.3, -0.25) is 4.79 Å². The molecular formula is C15H22N2O3. The van der Waals surface area contributed by atoms with Crippen LogP contribution in [-0.4, -0.2) is 40.2 Å². The zero-order valence-corrected chi connectivity index (χ0v) is 12.3. The first-order chi connectivity index (χ1) is 9.45. The Labute approximate surface area is 118 Å². The number of carboxylic acids is 1. The number of likely N-dealkylation sites (N-methyl/N-ethyl adjacent to an activating group) is 1. The lowest BCUT2D eigenvalue weighted by molar-refractivity contribution is 0.0693. The summed E-state index contributed by atoms with van der Waals surface area (Å²) in [6, 6.07) is 1.52. The number of aromatic carboxylic acids is 1. The average molecular weight is 278 g/mol. The molecule has 0 aliphatic carbocycles. The number of hydrogen-bond donors (Lipinski definition) is 1. The molecule has 0 bridgehead atoms. The van der Waals surface area contributed by atoms with Crippen molar-refractivity contribution in [2.45, 2.75) is 39.7 Å². The molecule has 1 N–H and O–H groups in total. The Morgan fingerprint density at radius 3 is 2.75 bits per heavy atom. The molecule has 0 saturated carbocycles. The molecule has 2 rings (SSSR count). The fourth-order valence-corrected chi connectivity index (χ4v) is 3.20. The van der Waals surface area contributed by atoms with Crippen molar-refractivity contribution in [2.75, 3.05) is 19.6 Å². The molecule has 0 spiro atoms. The lowest BCUT2D eigenvalue weighted by Gasteiger charge is -2.34. The number of carboxylic acid groups (broad SMARTS) is 1. The van der Waals surface area contributed by atoms with Crippen LogP contribution in [0.15, 0.2) is 10.9 Å². The molecular weight excluding hydrogens is 256 g/mol. The lowest BCUT2D eigenvalue weighted by atomic mass is 10.0. The summed E-state index contributed by atoms with van der Waals surface area (Å²) in [7, 11) is 0. The number of rotatable bonds is 3. The van der Waals surface area contributed by atoms with Gasteiger partial charge in [0.25, 0.3) is 5.56 Å². The summed E-state index contributed by atoms with van der Waals surface area (Å²) in [6.07, 6.45) is 1.97. The maximum absolute atomic E-state index is 12.3. The van der Waals surface area contributed by atoms with Crippen molar-refractivity contribution in [3.63, 3.8) is 0 Å². The molecule has 5 heteroatoms. The summed E-state index contributed by atoms with van der Waals surface area (Å²) in [5, 5.41) is 9.33. The van der Waals surface area contributed by atoms with Gasteiger partial charge in [0.2, 0.25) is 0 Å². The standard InChI is InChI=1S/C15H22N2O3/c1-4-16-7-5-6-12(9-16)17-11(3)14(15(19)20)10(2)8-13(17)18/h8,12H,4-7,9H2,1-3H3,(H,19,20). The molecule has 110 valence electrons. The van der Waals surface area contributed by atoms with E-state index in [-0.39, 0.29) is 17.2 Å². The van der Waals surface area contributed by atoms with Gasteiger partial charge < -0.3 is 14.6 Å². The number of hydrogen-bond acceptors (Lipinski definition) is 3. The summed E-state index contributed by atoms with van der Waals surface area (Å²) in [5.41, 5.74) is 1.29. The first kappa shape index (κ1) is 14.8. The van der Waals surface area contributed by atoms with Crippen LogP contribution in [0.5, 0.6) is 0 Å². The highest BCUT2D eigenvalue weighted by atomic mass is 16.4. The van der Waals surface area contributed by atoms with Gasteiger partial charge in [-0.05, 0) is 45.3 Å². The van der Waals surface area contributed by atoms with Gasteiger partial charge in [-0.15, -0.1) is 0 Å². The fraction of sp³-hybridized carbons (Fsp3) is 0.600. The number of carbonyl (C=O) groups is 1. The molecule has 1 unspecified atom stereocenters. The van der Waals surface area contributed by atoms with E-state index in [0.29, 0.717) is 11.3 Å². The molecule has 2 heterocycles. The van der Waals surface area contributed by atoms with Crippen LogP contribution >= 0.6 is 0 Å². The molecule has 5 nitrogen and oxygen atoms in total. The van der Waals surface area contributed by atoms with E-state index >= 15 is 0 Å². The Hall–Kier alpha value is -1.62. The molecule has 20 heavy (non-hydrogen) atoms. The zero-order valence-electron chi connectivity index (χ0n) is 12.3.